The van der Waals surface area contributed by atoms with Crippen LogP contribution < -0.4 is 0 Å². The van der Waals surface area contributed by atoms with Crippen LogP contribution in [0.1, 0.15) is 94.6 Å². The summed E-state index contributed by atoms with van der Waals surface area (Å²) < 4.78 is 38.4. The Hall–Kier alpha value is -1.55. The highest BCUT2D eigenvalue weighted by atomic mass is 28.3. The van der Waals surface area contributed by atoms with Crippen LogP contribution in [-0.2, 0) is 6.18 Å². The zero-order valence-electron chi connectivity index (χ0n) is 21.5. The molecular weight excluding hydrogens is 457 g/mol. The monoisotopic (exact) mass is 500 g/mol. The third-order valence-electron chi connectivity index (χ3n) is 8.94. The lowest BCUT2D eigenvalue weighted by Gasteiger charge is -2.32. The molecule has 1 heterocycles. The molecule has 1 aliphatic carbocycles. The highest BCUT2D eigenvalue weighted by Crippen LogP contribution is 2.40. The summed E-state index contributed by atoms with van der Waals surface area (Å²) in [4.78, 5) is 0. The number of hydrogen-bond donors (Lipinski definition) is 0. The Kier molecular flexibility index (Phi) is 9.55. The fourth-order valence-electron chi connectivity index (χ4n) is 6.55. The summed E-state index contributed by atoms with van der Waals surface area (Å²) in [5, 5.41) is 0. The number of alkyl halides is 3. The second-order valence-corrected chi connectivity index (χ2v) is 14.8. The molecule has 0 N–H and O–H groups in total. The largest absolute Gasteiger partial charge is 0.416 e. The summed E-state index contributed by atoms with van der Waals surface area (Å²) in [6, 6.07) is 18.9. The van der Waals surface area contributed by atoms with Gasteiger partial charge in [0, 0.05) is 8.80 Å². The van der Waals surface area contributed by atoms with E-state index in [1.54, 1.807) is 30.3 Å². The summed E-state index contributed by atoms with van der Waals surface area (Å²) in [5.74, 6) is 2.56. The van der Waals surface area contributed by atoms with Crippen LogP contribution in [0.2, 0.25) is 18.1 Å². The minimum absolute atomic E-state index is 0.377. The van der Waals surface area contributed by atoms with Gasteiger partial charge in [0.05, 0.1) is 5.56 Å². The van der Waals surface area contributed by atoms with Crippen LogP contribution in [0.5, 0.6) is 0 Å². The number of hydrogen-bond acceptors (Lipinski definition) is 0. The number of rotatable bonds is 9. The van der Waals surface area contributed by atoms with Crippen molar-refractivity contribution < 1.29 is 13.2 Å². The van der Waals surface area contributed by atoms with E-state index in [4.69, 9.17) is 0 Å². The van der Waals surface area contributed by atoms with Crippen molar-refractivity contribution in [3.05, 3.63) is 59.7 Å². The Balaban J connectivity index is 1.18. The van der Waals surface area contributed by atoms with Gasteiger partial charge in [0.25, 0.3) is 0 Å². The second-order valence-electron chi connectivity index (χ2n) is 11.4. The van der Waals surface area contributed by atoms with Crippen LogP contribution in [0.4, 0.5) is 13.2 Å². The van der Waals surface area contributed by atoms with Gasteiger partial charge in [-0.05, 0) is 72.3 Å². The van der Waals surface area contributed by atoms with Gasteiger partial charge >= 0.3 is 6.18 Å². The van der Waals surface area contributed by atoms with E-state index >= 15 is 0 Å². The highest BCUT2D eigenvalue weighted by Gasteiger charge is 2.30. The van der Waals surface area contributed by atoms with Crippen LogP contribution >= 0.6 is 0 Å². The van der Waals surface area contributed by atoms with Gasteiger partial charge < -0.3 is 0 Å². The third kappa shape index (κ3) is 7.71. The zero-order valence-corrected chi connectivity index (χ0v) is 22.6. The zero-order chi connectivity index (χ0) is 24.7. The smallest absolute Gasteiger partial charge is 0.166 e. The van der Waals surface area contributed by atoms with Crippen molar-refractivity contribution in [3.63, 3.8) is 0 Å². The van der Waals surface area contributed by atoms with Crippen molar-refractivity contribution in [2.24, 2.45) is 11.8 Å². The van der Waals surface area contributed by atoms with Gasteiger partial charge in [-0.2, -0.15) is 13.2 Å². The second kappa shape index (κ2) is 12.6. The van der Waals surface area contributed by atoms with Crippen molar-refractivity contribution in [1.29, 1.82) is 0 Å². The van der Waals surface area contributed by atoms with Crippen molar-refractivity contribution in [3.8, 4) is 11.1 Å². The molecule has 0 nitrogen and oxygen atoms in total. The van der Waals surface area contributed by atoms with E-state index in [0.29, 0.717) is 5.92 Å². The van der Waals surface area contributed by atoms with Gasteiger partial charge in [-0.3, -0.25) is 0 Å². The SMILES string of the molecule is CCCCC[Si@H]1CC[C@H](CC[C@H]2CC[C@H](c3ccc(-c4ccc(C(F)(F)F)cc4)cc3)CC2)CC1. The average molecular weight is 501 g/mol. The Morgan fingerprint density at radius 3 is 1.80 bits per heavy atom. The maximum atomic E-state index is 12.8. The lowest BCUT2D eigenvalue weighted by Crippen LogP contribution is -2.22. The van der Waals surface area contributed by atoms with E-state index in [0.717, 1.165) is 23.0 Å². The first-order chi connectivity index (χ1) is 16.9. The quantitative estimate of drug-likeness (QED) is 0.237. The molecule has 2 aromatic rings. The normalized spacial score (nSPS) is 25.5. The molecule has 192 valence electrons. The Bertz CT molecular complexity index is 871. The van der Waals surface area contributed by atoms with Crippen LogP contribution in [0.3, 0.4) is 0 Å². The predicted octanol–water partition coefficient (Wildman–Crippen LogP) is 10.3. The van der Waals surface area contributed by atoms with Crippen LogP contribution in [0, 0.1) is 11.8 Å². The standard InChI is InChI=1S/C31H43F3Si/c1-2-3-4-21-35-22-19-25(20-23-35)6-5-24-7-9-26(10-8-24)27-11-13-28(14-12-27)29-15-17-30(18-16-29)31(32,33)34/h11-18,24-26,35H,2-10,19-23H2,1H3/t24-,25-,26-,35-. The molecule has 1 saturated carbocycles. The molecule has 0 amide bonds. The summed E-state index contributed by atoms with van der Waals surface area (Å²) in [6.45, 7) is 2.31. The molecule has 0 spiro atoms. The van der Waals surface area contributed by atoms with Gasteiger partial charge in [0.2, 0.25) is 0 Å². The molecule has 1 saturated heterocycles. The van der Waals surface area contributed by atoms with E-state index in [1.807, 2.05) is 0 Å². The van der Waals surface area contributed by atoms with Gasteiger partial charge in [0.15, 0.2) is 0 Å². The van der Waals surface area contributed by atoms with E-state index < -0.39 is 11.7 Å². The minimum atomic E-state index is -4.28. The molecular formula is C31H43F3Si. The third-order valence-corrected chi connectivity index (χ3v) is 12.5. The molecule has 2 aromatic carbocycles. The molecule has 4 heteroatoms. The molecule has 2 aliphatic rings. The van der Waals surface area contributed by atoms with Gasteiger partial charge in [0.1, 0.15) is 0 Å². The van der Waals surface area contributed by atoms with Gasteiger partial charge in [-0.1, -0.05) is 106 Å². The number of halogens is 3. The lowest BCUT2D eigenvalue weighted by atomic mass is 9.76. The van der Waals surface area contributed by atoms with Crippen LogP contribution in [0.15, 0.2) is 48.5 Å². The summed E-state index contributed by atoms with van der Waals surface area (Å²) >= 11 is 0. The predicted molar refractivity (Wildman–Crippen MR) is 145 cm³/mol. The van der Waals surface area contributed by atoms with Crippen LogP contribution in [-0.4, -0.2) is 8.80 Å². The Morgan fingerprint density at radius 1 is 0.714 bits per heavy atom. The van der Waals surface area contributed by atoms with E-state index in [-0.39, 0.29) is 8.80 Å². The average Bonchev–Trinajstić information content (AvgIpc) is 2.88. The topological polar surface area (TPSA) is 0 Å². The molecule has 35 heavy (non-hydrogen) atoms. The maximum absolute atomic E-state index is 12.8. The van der Waals surface area contributed by atoms with Crippen molar-refractivity contribution in [1.82, 2.24) is 0 Å². The first-order valence-electron chi connectivity index (χ1n) is 14.2. The molecule has 0 unspecified atom stereocenters. The first kappa shape index (κ1) is 26.5. The molecule has 0 aromatic heterocycles. The molecule has 4 rings (SSSR count). The fraction of sp³-hybridized carbons (Fsp3) is 0.613. The first-order valence-corrected chi connectivity index (χ1v) is 16.6. The minimum Gasteiger partial charge on any atom is -0.166 e. The Labute approximate surface area is 212 Å². The molecule has 2 fully saturated rings. The van der Waals surface area contributed by atoms with Crippen LogP contribution in [0.25, 0.3) is 11.1 Å². The van der Waals surface area contributed by atoms with E-state index in [9.17, 15) is 13.2 Å². The van der Waals surface area contributed by atoms with E-state index in [1.165, 1.54) is 88.3 Å². The van der Waals surface area contributed by atoms with Gasteiger partial charge in [-0.15, -0.1) is 0 Å². The number of benzene rings is 2. The fourth-order valence-corrected chi connectivity index (χ4v) is 10.2. The Morgan fingerprint density at radius 2 is 1.26 bits per heavy atom. The highest BCUT2D eigenvalue weighted by molar-refractivity contribution is 6.58. The summed E-state index contributed by atoms with van der Waals surface area (Å²) in [5.41, 5.74) is 2.63. The molecule has 0 radical (unpaired) electrons. The maximum Gasteiger partial charge on any atom is 0.416 e. The summed E-state index contributed by atoms with van der Waals surface area (Å²) in [7, 11) is -0.377. The number of unbranched alkanes of at least 4 members (excludes halogenated alkanes) is 2. The van der Waals surface area contributed by atoms with Crippen molar-refractivity contribution in [2.45, 2.75) is 108 Å². The van der Waals surface area contributed by atoms with Gasteiger partial charge in [-0.25, -0.2) is 0 Å². The van der Waals surface area contributed by atoms with E-state index in [2.05, 4.69) is 31.2 Å². The molecule has 0 atom stereocenters. The van der Waals surface area contributed by atoms with Crippen molar-refractivity contribution >= 4 is 8.80 Å². The molecule has 1 aliphatic heterocycles. The lowest BCUT2D eigenvalue weighted by molar-refractivity contribution is -0.137. The summed E-state index contributed by atoms with van der Waals surface area (Å²) in [6.07, 6.45) is 11.3. The van der Waals surface area contributed by atoms with Crippen molar-refractivity contribution in [2.75, 3.05) is 0 Å². The molecule has 0 bridgehead atoms.